The zero-order chi connectivity index (χ0) is 13.8. The molecular formula is C15H18ClNOS. The highest BCUT2D eigenvalue weighted by Gasteiger charge is 2.16. The average Bonchev–Trinajstić information content (AvgIpc) is 2.76. The van der Waals surface area contributed by atoms with Crippen LogP contribution in [0.4, 0.5) is 0 Å². The van der Waals surface area contributed by atoms with Gasteiger partial charge in [0.1, 0.15) is 5.75 Å². The topological polar surface area (TPSA) is 35.2 Å². The van der Waals surface area contributed by atoms with Crippen LogP contribution in [0, 0.1) is 6.92 Å². The molecule has 0 fully saturated rings. The Balaban J connectivity index is 2.15. The van der Waals surface area contributed by atoms with E-state index in [0.717, 1.165) is 39.8 Å². The van der Waals surface area contributed by atoms with E-state index in [1.165, 1.54) is 0 Å². The molecule has 1 heterocycles. The van der Waals surface area contributed by atoms with Gasteiger partial charge in [-0.1, -0.05) is 30.7 Å². The van der Waals surface area contributed by atoms with Crippen molar-refractivity contribution in [3.8, 4) is 5.75 Å². The molecule has 0 spiro atoms. The number of halogens is 1. The third-order valence-electron chi connectivity index (χ3n) is 2.92. The van der Waals surface area contributed by atoms with Crippen molar-refractivity contribution in [2.24, 2.45) is 5.73 Å². The lowest BCUT2D eigenvalue weighted by molar-refractivity contribution is 0.317. The first-order valence-corrected chi connectivity index (χ1v) is 7.61. The fourth-order valence-corrected chi connectivity index (χ4v) is 3.14. The van der Waals surface area contributed by atoms with Crippen LogP contribution in [0.1, 0.15) is 35.4 Å². The van der Waals surface area contributed by atoms with Crippen LogP contribution < -0.4 is 10.5 Å². The van der Waals surface area contributed by atoms with Crippen LogP contribution in [-0.2, 0) is 0 Å². The van der Waals surface area contributed by atoms with Crippen molar-refractivity contribution in [1.82, 2.24) is 0 Å². The predicted octanol–water partition coefficient (Wildman–Crippen LogP) is 4.55. The van der Waals surface area contributed by atoms with Gasteiger partial charge in [0.15, 0.2) is 0 Å². The number of benzene rings is 1. The molecule has 1 unspecified atom stereocenters. The molecule has 0 saturated heterocycles. The number of aryl methyl sites for hydroxylation is 1. The number of hydrogen-bond donors (Lipinski definition) is 1. The highest BCUT2D eigenvalue weighted by molar-refractivity contribution is 7.10. The van der Waals surface area contributed by atoms with E-state index in [2.05, 4.69) is 6.92 Å². The maximum absolute atomic E-state index is 6.27. The summed E-state index contributed by atoms with van der Waals surface area (Å²) in [7, 11) is 0. The maximum Gasteiger partial charge on any atom is 0.119 e. The lowest BCUT2D eigenvalue weighted by Gasteiger charge is -2.12. The third-order valence-corrected chi connectivity index (χ3v) is 4.72. The van der Waals surface area contributed by atoms with Crippen LogP contribution in [0.5, 0.6) is 5.75 Å². The molecule has 0 aliphatic carbocycles. The molecule has 1 atom stereocenters. The highest BCUT2D eigenvalue weighted by atomic mass is 35.5. The summed E-state index contributed by atoms with van der Waals surface area (Å²) in [6.45, 7) is 4.82. The van der Waals surface area contributed by atoms with E-state index in [1.54, 1.807) is 11.3 Å². The Morgan fingerprint density at radius 1 is 1.32 bits per heavy atom. The predicted molar refractivity (Wildman–Crippen MR) is 82.3 cm³/mol. The van der Waals surface area contributed by atoms with Gasteiger partial charge in [-0.15, -0.1) is 11.3 Å². The Labute approximate surface area is 123 Å². The first-order valence-electron chi connectivity index (χ1n) is 6.35. The number of hydrogen-bond acceptors (Lipinski definition) is 3. The Morgan fingerprint density at radius 3 is 2.53 bits per heavy atom. The number of rotatable bonds is 5. The molecule has 102 valence electrons. The molecule has 2 nitrogen and oxygen atoms in total. The summed E-state index contributed by atoms with van der Waals surface area (Å²) in [4.78, 5) is 1.02. The van der Waals surface area contributed by atoms with Gasteiger partial charge in [-0.3, -0.25) is 0 Å². The van der Waals surface area contributed by atoms with Crippen LogP contribution >= 0.6 is 22.9 Å². The van der Waals surface area contributed by atoms with Crippen molar-refractivity contribution in [1.29, 1.82) is 0 Å². The quantitative estimate of drug-likeness (QED) is 0.878. The standard InChI is InChI=1S/C15H18ClNOS/c1-3-8-18-12-6-4-11(5-7-12)14(17)15-13(16)10(2)9-19-15/h4-7,9,14H,3,8,17H2,1-2H3. The Bertz CT molecular complexity index is 536. The highest BCUT2D eigenvalue weighted by Crippen LogP contribution is 2.34. The molecule has 1 aromatic heterocycles. The van der Waals surface area contributed by atoms with E-state index < -0.39 is 0 Å². The molecule has 2 rings (SSSR count). The van der Waals surface area contributed by atoms with Crippen molar-refractivity contribution in [2.45, 2.75) is 26.3 Å². The van der Waals surface area contributed by atoms with Crippen LogP contribution in [0.2, 0.25) is 5.02 Å². The number of ether oxygens (including phenoxy) is 1. The first-order chi connectivity index (χ1) is 9.13. The smallest absolute Gasteiger partial charge is 0.119 e. The van der Waals surface area contributed by atoms with Crippen molar-refractivity contribution >= 4 is 22.9 Å². The van der Waals surface area contributed by atoms with Crippen molar-refractivity contribution in [2.75, 3.05) is 6.61 Å². The summed E-state index contributed by atoms with van der Waals surface area (Å²) >= 11 is 7.87. The minimum atomic E-state index is -0.175. The first kappa shape index (κ1) is 14.4. The van der Waals surface area contributed by atoms with Gasteiger partial charge in [-0.25, -0.2) is 0 Å². The summed E-state index contributed by atoms with van der Waals surface area (Å²) in [5.41, 5.74) is 8.40. The molecule has 0 saturated carbocycles. The van der Waals surface area contributed by atoms with Crippen LogP contribution in [0.3, 0.4) is 0 Å². The van der Waals surface area contributed by atoms with E-state index in [-0.39, 0.29) is 6.04 Å². The minimum absolute atomic E-state index is 0.175. The normalized spacial score (nSPS) is 12.4. The average molecular weight is 296 g/mol. The second-order valence-corrected chi connectivity index (χ2v) is 5.78. The third kappa shape index (κ3) is 3.30. The molecule has 19 heavy (non-hydrogen) atoms. The molecule has 0 amide bonds. The van der Waals surface area contributed by atoms with Gasteiger partial charge in [0.2, 0.25) is 0 Å². The van der Waals surface area contributed by atoms with Gasteiger partial charge in [0.05, 0.1) is 17.7 Å². The zero-order valence-electron chi connectivity index (χ0n) is 11.2. The summed E-state index contributed by atoms with van der Waals surface area (Å²) in [6, 6.07) is 7.74. The van der Waals surface area contributed by atoms with E-state index in [9.17, 15) is 0 Å². The van der Waals surface area contributed by atoms with Crippen LogP contribution in [-0.4, -0.2) is 6.61 Å². The second kappa shape index (κ2) is 6.42. The SMILES string of the molecule is CCCOc1ccc(C(N)c2scc(C)c2Cl)cc1. The molecule has 0 bridgehead atoms. The van der Waals surface area contributed by atoms with Crippen molar-refractivity contribution in [3.63, 3.8) is 0 Å². The van der Waals surface area contributed by atoms with Gasteiger partial charge < -0.3 is 10.5 Å². The number of nitrogens with two attached hydrogens (primary N) is 1. The minimum Gasteiger partial charge on any atom is -0.494 e. The molecule has 2 aromatic rings. The number of thiophene rings is 1. The second-order valence-electron chi connectivity index (χ2n) is 4.49. The fraction of sp³-hybridized carbons (Fsp3) is 0.333. The van der Waals surface area contributed by atoms with Crippen LogP contribution in [0.25, 0.3) is 0 Å². The Morgan fingerprint density at radius 2 is 2.00 bits per heavy atom. The van der Waals surface area contributed by atoms with E-state index in [4.69, 9.17) is 22.1 Å². The molecule has 2 N–H and O–H groups in total. The molecule has 4 heteroatoms. The summed E-state index contributed by atoms with van der Waals surface area (Å²) in [6.07, 6.45) is 1.01. The summed E-state index contributed by atoms with van der Waals surface area (Å²) in [5, 5.41) is 2.82. The van der Waals surface area contributed by atoms with E-state index in [0.29, 0.717) is 0 Å². The van der Waals surface area contributed by atoms with E-state index in [1.807, 2.05) is 36.6 Å². The Hall–Kier alpha value is -1.03. The monoisotopic (exact) mass is 295 g/mol. The summed E-state index contributed by atoms with van der Waals surface area (Å²) < 4.78 is 5.56. The van der Waals surface area contributed by atoms with Gasteiger partial charge >= 0.3 is 0 Å². The lowest BCUT2D eigenvalue weighted by Crippen LogP contribution is -2.10. The lowest BCUT2D eigenvalue weighted by atomic mass is 10.1. The van der Waals surface area contributed by atoms with E-state index >= 15 is 0 Å². The fourth-order valence-electron chi connectivity index (χ4n) is 1.80. The summed E-state index contributed by atoms with van der Waals surface area (Å²) in [5.74, 6) is 0.881. The van der Waals surface area contributed by atoms with Crippen molar-refractivity contribution in [3.05, 3.63) is 50.7 Å². The molecular weight excluding hydrogens is 278 g/mol. The maximum atomic E-state index is 6.27. The van der Waals surface area contributed by atoms with Gasteiger partial charge in [0, 0.05) is 4.88 Å². The van der Waals surface area contributed by atoms with Crippen molar-refractivity contribution < 1.29 is 4.74 Å². The van der Waals surface area contributed by atoms with Gasteiger partial charge in [-0.2, -0.15) is 0 Å². The van der Waals surface area contributed by atoms with Gasteiger partial charge in [-0.05, 0) is 42.0 Å². The van der Waals surface area contributed by atoms with Gasteiger partial charge in [0.25, 0.3) is 0 Å². The van der Waals surface area contributed by atoms with Crippen LogP contribution in [0.15, 0.2) is 29.6 Å². The largest absolute Gasteiger partial charge is 0.494 e. The molecule has 1 aromatic carbocycles. The molecule has 0 aliphatic rings. The molecule has 0 radical (unpaired) electrons. The Kier molecular flexibility index (Phi) is 4.86. The zero-order valence-corrected chi connectivity index (χ0v) is 12.7. The molecule has 0 aliphatic heterocycles.